The Kier molecular flexibility index (Phi) is 4.62. The number of hydrogen-bond donors (Lipinski definition) is 2. The standard InChI is InChI=1S/C21H22N4O2/c1-13-8-11-18(17(12-13)20-23-19(24-25-20)15-9-10-15)22-21(26)14(2)27-16-6-4-3-5-7-16/h3-8,11-12,14-15H,9-10H2,1-2H3,(H,22,26)(H,23,24,25). The van der Waals surface area contributed by atoms with Crippen LogP contribution in [0.3, 0.4) is 0 Å². The van der Waals surface area contributed by atoms with Crippen LogP contribution in [0.15, 0.2) is 48.5 Å². The second kappa shape index (κ2) is 7.23. The Bertz CT molecular complexity index is 948. The number of carbonyl (C=O) groups excluding carboxylic acids is 1. The van der Waals surface area contributed by atoms with Crippen molar-refractivity contribution in [3.05, 3.63) is 59.9 Å². The van der Waals surface area contributed by atoms with Crippen LogP contribution in [0, 0.1) is 6.92 Å². The van der Waals surface area contributed by atoms with E-state index in [1.54, 1.807) is 6.92 Å². The first-order chi connectivity index (χ1) is 13.1. The van der Waals surface area contributed by atoms with Crippen molar-refractivity contribution in [3.8, 4) is 17.1 Å². The van der Waals surface area contributed by atoms with Crippen LogP contribution in [0.1, 0.15) is 37.1 Å². The van der Waals surface area contributed by atoms with E-state index in [0.717, 1.165) is 29.8 Å². The van der Waals surface area contributed by atoms with Crippen LogP contribution in [0.25, 0.3) is 11.4 Å². The van der Waals surface area contributed by atoms with Crippen molar-refractivity contribution in [3.63, 3.8) is 0 Å². The summed E-state index contributed by atoms with van der Waals surface area (Å²) >= 11 is 0. The molecule has 0 saturated heterocycles. The third-order valence-corrected chi connectivity index (χ3v) is 4.57. The largest absolute Gasteiger partial charge is 0.481 e. The fraction of sp³-hybridized carbons (Fsp3) is 0.286. The van der Waals surface area contributed by atoms with E-state index in [4.69, 9.17) is 4.74 Å². The second-order valence-corrected chi connectivity index (χ2v) is 6.93. The van der Waals surface area contributed by atoms with Gasteiger partial charge in [0.1, 0.15) is 11.6 Å². The zero-order valence-corrected chi connectivity index (χ0v) is 15.4. The number of para-hydroxylation sites is 1. The Hall–Kier alpha value is -3.15. The summed E-state index contributed by atoms with van der Waals surface area (Å²) in [6, 6.07) is 15.1. The number of ether oxygens (including phenoxy) is 1. The van der Waals surface area contributed by atoms with Gasteiger partial charge in [0, 0.05) is 11.5 Å². The molecule has 0 radical (unpaired) electrons. The van der Waals surface area contributed by atoms with Gasteiger partial charge in [-0.3, -0.25) is 9.89 Å². The summed E-state index contributed by atoms with van der Waals surface area (Å²) in [6.07, 6.45) is 1.68. The van der Waals surface area contributed by atoms with E-state index in [9.17, 15) is 4.79 Å². The Morgan fingerprint density at radius 1 is 1.22 bits per heavy atom. The van der Waals surface area contributed by atoms with Gasteiger partial charge in [-0.15, -0.1) is 0 Å². The van der Waals surface area contributed by atoms with E-state index in [1.807, 2.05) is 55.5 Å². The average Bonchev–Trinajstić information content (AvgIpc) is 3.41. The number of nitrogens with one attached hydrogen (secondary N) is 2. The first-order valence-electron chi connectivity index (χ1n) is 9.16. The van der Waals surface area contributed by atoms with E-state index < -0.39 is 6.10 Å². The first-order valence-corrected chi connectivity index (χ1v) is 9.16. The predicted octanol–water partition coefficient (Wildman–Crippen LogP) is 4.06. The molecule has 6 heteroatoms. The lowest BCUT2D eigenvalue weighted by Gasteiger charge is -2.16. The molecule has 1 atom stereocenters. The SMILES string of the molecule is Cc1ccc(NC(=O)C(C)Oc2ccccc2)c(-c2n[nH]c(C3CC3)n2)c1. The molecule has 6 nitrogen and oxygen atoms in total. The van der Waals surface area contributed by atoms with Gasteiger partial charge in [-0.05, 0) is 51.0 Å². The molecule has 0 bridgehead atoms. The molecule has 1 heterocycles. The van der Waals surface area contributed by atoms with Gasteiger partial charge in [-0.1, -0.05) is 29.8 Å². The Morgan fingerprint density at radius 2 is 2.00 bits per heavy atom. The molecular weight excluding hydrogens is 340 g/mol. The molecule has 4 rings (SSSR count). The number of benzene rings is 2. The molecule has 0 aliphatic heterocycles. The number of rotatable bonds is 6. The molecule has 0 spiro atoms. The van der Waals surface area contributed by atoms with Crippen LogP contribution >= 0.6 is 0 Å². The molecule has 1 amide bonds. The van der Waals surface area contributed by atoms with Gasteiger partial charge in [0.15, 0.2) is 11.9 Å². The average molecular weight is 362 g/mol. The molecule has 1 unspecified atom stereocenters. The molecule has 2 N–H and O–H groups in total. The number of hydrogen-bond acceptors (Lipinski definition) is 4. The predicted molar refractivity (Wildman–Crippen MR) is 104 cm³/mol. The lowest BCUT2D eigenvalue weighted by Crippen LogP contribution is -2.30. The molecule has 1 aliphatic carbocycles. The van der Waals surface area contributed by atoms with Gasteiger partial charge in [-0.2, -0.15) is 5.10 Å². The highest BCUT2D eigenvalue weighted by Crippen LogP contribution is 2.39. The van der Waals surface area contributed by atoms with Crippen molar-refractivity contribution in [1.82, 2.24) is 15.2 Å². The maximum Gasteiger partial charge on any atom is 0.265 e. The fourth-order valence-electron chi connectivity index (χ4n) is 2.88. The summed E-state index contributed by atoms with van der Waals surface area (Å²) < 4.78 is 5.71. The van der Waals surface area contributed by atoms with Crippen LogP contribution in [-0.2, 0) is 4.79 Å². The molecule has 3 aromatic rings. The monoisotopic (exact) mass is 362 g/mol. The Labute approximate surface area is 158 Å². The van der Waals surface area contributed by atoms with Gasteiger partial charge in [0.05, 0.1) is 5.69 Å². The fourth-order valence-corrected chi connectivity index (χ4v) is 2.88. The number of amides is 1. The number of H-pyrrole nitrogens is 1. The lowest BCUT2D eigenvalue weighted by molar-refractivity contribution is -0.122. The van der Waals surface area contributed by atoms with E-state index in [2.05, 4.69) is 20.5 Å². The van der Waals surface area contributed by atoms with Crippen LogP contribution in [-0.4, -0.2) is 27.2 Å². The summed E-state index contributed by atoms with van der Waals surface area (Å²) in [5.74, 6) is 2.46. The van der Waals surface area contributed by atoms with Crippen molar-refractivity contribution < 1.29 is 9.53 Å². The van der Waals surface area contributed by atoms with Gasteiger partial charge in [0.25, 0.3) is 5.91 Å². The summed E-state index contributed by atoms with van der Waals surface area (Å²) in [7, 11) is 0. The number of anilines is 1. The van der Waals surface area contributed by atoms with Crippen molar-refractivity contribution >= 4 is 11.6 Å². The molecule has 1 fully saturated rings. The van der Waals surface area contributed by atoms with Crippen LogP contribution in [0.5, 0.6) is 5.75 Å². The third-order valence-electron chi connectivity index (χ3n) is 4.57. The zero-order valence-electron chi connectivity index (χ0n) is 15.4. The van der Waals surface area contributed by atoms with Crippen molar-refractivity contribution in [2.45, 2.75) is 38.7 Å². The summed E-state index contributed by atoms with van der Waals surface area (Å²) in [6.45, 7) is 3.74. The number of aryl methyl sites for hydroxylation is 1. The number of aromatic nitrogens is 3. The van der Waals surface area contributed by atoms with E-state index >= 15 is 0 Å². The molecule has 2 aromatic carbocycles. The van der Waals surface area contributed by atoms with Gasteiger partial charge >= 0.3 is 0 Å². The van der Waals surface area contributed by atoms with Crippen molar-refractivity contribution in [2.24, 2.45) is 0 Å². The third kappa shape index (κ3) is 4.00. The molecule has 138 valence electrons. The zero-order chi connectivity index (χ0) is 18.8. The lowest BCUT2D eigenvalue weighted by atomic mass is 10.1. The number of aromatic amines is 1. The minimum absolute atomic E-state index is 0.220. The Balaban J connectivity index is 1.53. The van der Waals surface area contributed by atoms with Gasteiger partial charge < -0.3 is 10.1 Å². The normalized spacial score (nSPS) is 14.6. The highest BCUT2D eigenvalue weighted by molar-refractivity contribution is 5.97. The maximum absolute atomic E-state index is 12.6. The highest BCUT2D eigenvalue weighted by Gasteiger charge is 2.28. The molecule has 1 saturated carbocycles. The molecular formula is C21H22N4O2. The number of nitrogens with zero attached hydrogens (tertiary/aromatic N) is 2. The smallest absolute Gasteiger partial charge is 0.265 e. The molecule has 27 heavy (non-hydrogen) atoms. The summed E-state index contributed by atoms with van der Waals surface area (Å²) in [5.41, 5.74) is 2.56. The Morgan fingerprint density at radius 3 is 2.74 bits per heavy atom. The second-order valence-electron chi connectivity index (χ2n) is 6.93. The first kappa shape index (κ1) is 17.3. The summed E-state index contributed by atoms with van der Waals surface area (Å²) in [4.78, 5) is 17.2. The maximum atomic E-state index is 12.6. The van der Waals surface area contributed by atoms with Crippen molar-refractivity contribution in [2.75, 3.05) is 5.32 Å². The van der Waals surface area contributed by atoms with Crippen LogP contribution in [0.2, 0.25) is 0 Å². The van der Waals surface area contributed by atoms with E-state index in [-0.39, 0.29) is 5.91 Å². The minimum atomic E-state index is -0.629. The van der Waals surface area contributed by atoms with E-state index in [1.165, 1.54) is 0 Å². The minimum Gasteiger partial charge on any atom is -0.481 e. The molecule has 1 aromatic heterocycles. The quantitative estimate of drug-likeness (QED) is 0.693. The number of carbonyl (C=O) groups is 1. The van der Waals surface area contributed by atoms with Crippen molar-refractivity contribution in [1.29, 1.82) is 0 Å². The van der Waals surface area contributed by atoms with Crippen LogP contribution < -0.4 is 10.1 Å². The molecule has 1 aliphatic rings. The van der Waals surface area contributed by atoms with Gasteiger partial charge in [0.2, 0.25) is 0 Å². The van der Waals surface area contributed by atoms with Crippen LogP contribution in [0.4, 0.5) is 5.69 Å². The summed E-state index contributed by atoms with van der Waals surface area (Å²) in [5, 5.41) is 10.3. The highest BCUT2D eigenvalue weighted by atomic mass is 16.5. The van der Waals surface area contributed by atoms with Gasteiger partial charge in [-0.25, -0.2) is 4.98 Å². The topological polar surface area (TPSA) is 79.9 Å². The van der Waals surface area contributed by atoms with E-state index in [0.29, 0.717) is 23.2 Å².